The van der Waals surface area contributed by atoms with Crippen molar-refractivity contribution in [2.45, 2.75) is 6.92 Å². The Bertz CT molecular complexity index is 801. The van der Waals surface area contributed by atoms with Gasteiger partial charge in [0.2, 0.25) is 0 Å². The maximum absolute atomic E-state index is 12.3. The Morgan fingerprint density at radius 3 is 2.50 bits per heavy atom. The third-order valence-corrected chi connectivity index (χ3v) is 4.11. The van der Waals surface area contributed by atoms with Gasteiger partial charge in [0.15, 0.2) is 11.5 Å². The number of thiophene rings is 1. The van der Waals surface area contributed by atoms with Crippen LogP contribution in [-0.2, 0) is 0 Å². The van der Waals surface area contributed by atoms with Gasteiger partial charge >= 0.3 is 0 Å². The predicted molar refractivity (Wildman–Crippen MR) is 86.4 cm³/mol. The van der Waals surface area contributed by atoms with E-state index in [2.05, 4.69) is 5.32 Å². The van der Waals surface area contributed by atoms with Gasteiger partial charge in [0.25, 0.3) is 5.91 Å². The summed E-state index contributed by atoms with van der Waals surface area (Å²) in [4.78, 5) is 24.6. The minimum Gasteiger partial charge on any atom is -0.458 e. The van der Waals surface area contributed by atoms with Crippen molar-refractivity contribution in [3.63, 3.8) is 0 Å². The molecule has 0 unspecified atom stereocenters. The molecule has 0 fully saturated rings. The zero-order chi connectivity index (χ0) is 15.5. The van der Waals surface area contributed by atoms with Gasteiger partial charge in [0.1, 0.15) is 0 Å². The van der Waals surface area contributed by atoms with Crippen LogP contribution in [0.3, 0.4) is 0 Å². The van der Waals surface area contributed by atoms with E-state index in [1.165, 1.54) is 13.2 Å². The van der Waals surface area contributed by atoms with Crippen molar-refractivity contribution in [3.8, 4) is 10.4 Å². The summed E-state index contributed by atoms with van der Waals surface area (Å²) in [5.74, 6) is -0.0500. The number of hydrogen-bond donors (Lipinski definition) is 1. The molecule has 1 aromatic carbocycles. The van der Waals surface area contributed by atoms with Crippen molar-refractivity contribution >= 4 is 28.7 Å². The molecule has 0 aliphatic rings. The summed E-state index contributed by atoms with van der Waals surface area (Å²) in [6, 6.07) is 12.4. The Labute approximate surface area is 131 Å². The van der Waals surface area contributed by atoms with E-state index in [0.717, 1.165) is 10.4 Å². The average molecular weight is 311 g/mol. The van der Waals surface area contributed by atoms with E-state index in [-0.39, 0.29) is 17.5 Å². The van der Waals surface area contributed by atoms with Gasteiger partial charge in [0, 0.05) is 21.7 Å². The van der Waals surface area contributed by atoms with Gasteiger partial charge in [0.05, 0.1) is 6.26 Å². The zero-order valence-corrected chi connectivity index (χ0v) is 12.6. The maximum atomic E-state index is 12.3. The number of ketones is 1. The molecule has 3 rings (SSSR count). The largest absolute Gasteiger partial charge is 0.458 e. The molecule has 2 heterocycles. The Balaban J connectivity index is 1.81. The van der Waals surface area contributed by atoms with Gasteiger partial charge < -0.3 is 9.73 Å². The van der Waals surface area contributed by atoms with E-state index in [1.807, 2.05) is 17.5 Å². The van der Waals surface area contributed by atoms with Gasteiger partial charge in [-0.15, -0.1) is 11.3 Å². The molecule has 3 aromatic rings. The topological polar surface area (TPSA) is 59.3 Å². The number of furan rings is 1. The summed E-state index contributed by atoms with van der Waals surface area (Å²) < 4.78 is 5.32. The minimum absolute atomic E-state index is 0.0103. The molecule has 0 saturated carbocycles. The van der Waals surface area contributed by atoms with Crippen molar-refractivity contribution in [3.05, 3.63) is 65.4 Å². The van der Waals surface area contributed by atoms with Crippen molar-refractivity contribution < 1.29 is 14.0 Å². The number of Topliss-reactive ketones (excluding diaryl/α,β-unsaturated/α-hetero) is 1. The Kier molecular flexibility index (Phi) is 3.89. The highest BCUT2D eigenvalue weighted by Crippen LogP contribution is 2.29. The number of anilines is 1. The average Bonchev–Trinajstić information content (AvgIpc) is 3.18. The third kappa shape index (κ3) is 2.84. The minimum atomic E-state index is -0.316. The molecule has 2 aromatic heterocycles. The third-order valence-electron chi connectivity index (χ3n) is 3.21. The molecule has 0 spiro atoms. The lowest BCUT2D eigenvalue weighted by molar-refractivity contribution is 0.0995. The molecule has 110 valence electrons. The second-order valence-electron chi connectivity index (χ2n) is 4.73. The molecule has 0 aliphatic heterocycles. The van der Waals surface area contributed by atoms with Crippen molar-refractivity contribution in [2.75, 3.05) is 5.32 Å². The Hall–Kier alpha value is -2.66. The highest BCUT2D eigenvalue weighted by atomic mass is 32.1. The lowest BCUT2D eigenvalue weighted by atomic mass is 10.1. The SMILES string of the molecule is CC(=O)c1ccc(NC(=O)c2occc2-c2cccs2)cc1. The normalized spacial score (nSPS) is 10.4. The first-order chi connectivity index (χ1) is 10.6. The van der Waals surface area contributed by atoms with Gasteiger partial charge in [-0.25, -0.2) is 0 Å². The van der Waals surface area contributed by atoms with Crippen molar-refractivity contribution in [2.24, 2.45) is 0 Å². The molecular formula is C17H13NO3S. The fraction of sp³-hybridized carbons (Fsp3) is 0.0588. The molecule has 1 amide bonds. The standard InChI is InChI=1S/C17H13NO3S/c1-11(19)12-4-6-13(7-5-12)18-17(20)16-14(8-9-21-16)15-3-2-10-22-15/h2-10H,1H3,(H,18,20). The molecular weight excluding hydrogens is 298 g/mol. The van der Waals surface area contributed by atoms with Crippen LogP contribution in [0, 0.1) is 0 Å². The number of nitrogens with one attached hydrogen (secondary N) is 1. The lowest BCUT2D eigenvalue weighted by Gasteiger charge is -2.05. The predicted octanol–water partition coefficient (Wildman–Crippen LogP) is 4.46. The molecule has 0 saturated heterocycles. The molecule has 0 atom stereocenters. The van der Waals surface area contributed by atoms with Crippen LogP contribution in [0.15, 0.2) is 58.5 Å². The van der Waals surface area contributed by atoms with E-state index < -0.39 is 0 Å². The molecule has 5 heteroatoms. The summed E-state index contributed by atoms with van der Waals surface area (Å²) in [5, 5.41) is 4.72. The van der Waals surface area contributed by atoms with Gasteiger partial charge in [-0.2, -0.15) is 0 Å². The summed E-state index contributed by atoms with van der Waals surface area (Å²) in [6.45, 7) is 1.50. The number of amides is 1. The fourth-order valence-electron chi connectivity index (χ4n) is 2.09. The van der Waals surface area contributed by atoms with Crippen LogP contribution in [0.1, 0.15) is 27.8 Å². The Morgan fingerprint density at radius 2 is 1.86 bits per heavy atom. The highest BCUT2D eigenvalue weighted by molar-refractivity contribution is 7.13. The van der Waals surface area contributed by atoms with Crippen molar-refractivity contribution in [1.82, 2.24) is 0 Å². The summed E-state index contributed by atoms with van der Waals surface area (Å²) >= 11 is 1.55. The summed E-state index contributed by atoms with van der Waals surface area (Å²) in [6.07, 6.45) is 1.50. The van der Waals surface area contributed by atoms with Crippen LogP contribution < -0.4 is 5.32 Å². The lowest BCUT2D eigenvalue weighted by Crippen LogP contribution is -2.12. The van der Waals surface area contributed by atoms with Crippen LogP contribution in [-0.4, -0.2) is 11.7 Å². The smallest absolute Gasteiger partial charge is 0.292 e. The molecule has 0 bridgehead atoms. The van der Waals surface area contributed by atoms with Gasteiger partial charge in [-0.1, -0.05) is 6.07 Å². The number of carbonyl (C=O) groups is 2. The highest BCUT2D eigenvalue weighted by Gasteiger charge is 2.17. The van der Waals surface area contributed by atoms with Crippen LogP contribution in [0.5, 0.6) is 0 Å². The summed E-state index contributed by atoms with van der Waals surface area (Å²) in [7, 11) is 0. The zero-order valence-electron chi connectivity index (χ0n) is 11.8. The first-order valence-electron chi connectivity index (χ1n) is 6.69. The van der Waals surface area contributed by atoms with Crippen molar-refractivity contribution in [1.29, 1.82) is 0 Å². The van der Waals surface area contributed by atoms with E-state index >= 15 is 0 Å². The van der Waals surface area contributed by atoms with E-state index in [9.17, 15) is 9.59 Å². The Morgan fingerprint density at radius 1 is 1.09 bits per heavy atom. The summed E-state index contributed by atoms with van der Waals surface area (Å²) in [5.41, 5.74) is 1.99. The number of rotatable bonds is 4. The first kappa shape index (κ1) is 14.3. The van der Waals surface area contributed by atoms with E-state index in [0.29, 0.717) is 11.3 Å². The number of benzene rings is 1. The molecule has 22 heavy (non-hydrogen) atoms. The number of carbonyl (C=O) groups excluding carboxylic acids is 2. The van der Waals surface area contributed by atoms with Crippen LogP contribution in [0.25, 0.3) is 10.4 Å². The van der Waals surface area contributed by atoms with Crippen LogP contribution in [0.4, 0.5) is 5.69 Å². The van der Waals surface area contributed by atoms with Crippen LogP contribution >= 0.6 is 11.3 Å². The first-order valence-corrected chi connectivity index (χ1v) is 7.57. The molecule has 0 radical (unpaired) electrons. The molecule has 4 nitrogen and oxygen atoms in total. The fourth-order valence-corrected chi connectivity index (χ4v) is 2.84. The van der Waals surface area contributed by atoms with Gasteiger partial charge in [-0.05, 0) is 48.7 Å². The molecule has 1 N–H and O–H groups in total. The van der Waals surface area contributed by atoms with Gasteiger partial charge in [-0.3, -0.25) is 9.59 Å². The van der Waals surface area contributed by atoms with E-state index in [1.54, 1.807) is 41.7 Å². The molecule has 0 aliphatic carbocycles. The maximum Gasteiger partial charge on any atom is 0.292 e. The van der Waals surface area contributed by atoms with Crippen LogP contribution in [0.2, 0.25) is 0 Å². The van der Waals surface area contributed by atoms with E-state index in [4.69, 9.17) is 4.42 Å². The number of hydrogen-bond acceptors (Lipinski definition) is 4. The quantitative estimate of drug-likeness (QED) is 0.723. The monoisotopic (exact) mass is 311 g/mol. The second-order valence-corrected chi connectivity index (χ2v) is 5.68. The second kappa shape index (κ2) is 5.99.